The van der Waals surface area contributed by atoms with Crippen LogP contribution in [0.3, 0.4) is 0 Å². The second-order valence-electron chi connectivity index (χ2n) is 6.51. The zero-order chi connectivity index (χ0) is 19.5. The number of hydrogen-bond acceptors (Lipinski definition) is 3. The summed E-state index contributed by atoms with van der Waals surface area (Å²) in [5.41, 5.74) is 6.13. The van der Waals surface area contributed by atoms with E-state index >= 15 is 0 Å². The van der Waals surface area contributed by atoms with Crippen LogP contribution >= 0.6 is 15.9 Å². The molecule has 4 heteroatoms. The predicted octanol–water partition coefficient (Wildman–Crippen LogP) is 6.63. The number of rotatable bonds is 5. The van der Waals surface area contributed by atoms with E-state index < -0.39 is 0 Å². The van der Waals surface area contributed by atoms with Gasteiger partial charge in [-0.05, 0) is 57.2 Å². The topological polar surface area (TPSA) is 39.4 Å². The van der Waals surface area contributed by atoms with E-state index in [1.165, 1.54) is 0 Å². The Hall–Kier alpha value is -2.85. The number of carbonyl (C=O) groups excluding carboxylic acids is 1. The SMILES string of the molecule is CCOC(=O)Cc1ccc(-c2ccc3oc(Br)c(-c4ccccc4)c3c2)cc1. The van der Waals surface area contributed by atoms with Gasteiger partial charge in [-0.1, -0.05) is 60.7 Å². The van der Waals surface area contributed by atoms with E-state index in [0.29, 0.717) is 13.0 Å². The Labute approximate surface area is 172 Å². The zero-order valence-corrected chi connectivity index (χ0v) is 17.0. The summed E-state index contributed by atoms with van der Waals surface area (Å²) in [6.07, 6.45) is 0.292. The third kappa shape index (κ3) is 3.73. The number of esters is 1. The van der Waals surface area contributed by atoms with Crippen molar-refractivity contribution in [2.45, 2.75) is 13.3 Å². The molecule has 0 unspecified atom stereocenters. The quantitative estimate of drug-likeness (QED) is 0.330. The lowest BCUT2D eigenvalue weighted by atomic mass is 9.99. The molecule has 1 heterocycles. The average Bonchev–Trinajstić information content (AvgIpc) is 3.04. The highest BCUT2D eigenvalue weighted by atomic mass is 79.9. The van der Waals surface area contributed by atoms with Gasteiger partial charge in [-0.15, -0.1) is 0 Å². The van der Waals surface area contributed by atoms with Gasteiger partial charge in [0.2, 0.25) is 0 Å². The summed E-state index contributed by atoms with van der Waals surface area (Å²) < 4.78 is 11.6. The molecule has 4 aromatic rings. The minimum atomic E-state index is -0.201. The summed E-state index contributed by atoms with van der Waals surface area (Å²) in [5, 5.41) is 1.06. The van der Waals surface area contributed by atoms with Gasteiger partial charge in [-0.3, -0.25) is 4.79 Å². The van der Waals surface area contributed by atoms with E-state index in [1.807, 2.05) is 61.5 Å². The Balaban J connectivity index is 1.69. The minimum Gasteiger partial charge on any atom is -0.466 e. The minimum absolute atomic E-state index is 0.201. The van der Waals surface area contributed by atoms with Crippen molar-refractivity contribution in [2.24, 2.45) is 0 Å². The smallest absolute Gasteiger partial charge is 0.310 e. The van der Waals surface area contributed by atoms with Crippen LogP contribution in [0.4, 0.5) is 0 Å². The van der Waals surface area contributed by atoms with Crippen molar-refractivity contribution in [3.05, 3.63) is 83.0 Å². The molecule has 0 aliphatic heterocycles. The first-order chi connectivity index (χ1) is 13.7. The van der Waals surface area contributed by atoms with Gasteiger partial charge in [-0.25, -0.2) is 0 Å². The summed E-state index contributed by atoms with van der Waals surface area (Å²) >= 11 is 3.56. The molecule has 28 heavy (non-hydrogen) atoms. The van der Waals surface area contributed by atoms with E-state index in [9.17, 15) is 4.79 Å². The van der Waals surface area contributed by atoms with Gasteiger partial charge in [0.1, 0.15) is 5.58 Å². The highest BCUT2D eigenvalue weighted by Gasteiger charge is 2.15. The van der Waals surface area contributed by atoms with Crippen LogP contribution in [0.25, 0.3) is 33.2 Å². The number of hydrogen-bond donors (Lipinski definition) is 0. The summed E-state index contributed by atoms with van der Waals surface area (Å²) in [7, 11) is 0. The van der Waals surface area contributed by atoms with Crippen LogP contribution in [-0.2, 0) is 16.0 Å². The largest absolute Gasteiger partial charge is 0.466 e. The number of ether oxygens (including phenoxy) is 1. The van der Waals surface area contributed by atoms with E-state index in [0.717, 1.165) is 43.5 Å². The second kappa shape index (κ2) is 8.03. The molecule has 0 bridgehead atoms. The maximum Gasteiger partial charge on any atom is 0.310 e. The normalized spacial score (nSPS) is 10.9. The Kier molecular flexibility index (Phi) is 5.31. The van der Waals surface area contributed by atoms with E-state index in [1.54, 1.807) is 0 Å². The van der Waals surface area contributed by atoms with Crippen LogP contribution in [0, 0.1) is 0 Å². The van der Waals surface area contributed by atoms with Gasteiger partial charge >= 0.3 is 5.97 Å². The molecular weight excluding hydrogens is 416 g/mol. The molecule has 0 N–H and O–H groups in total. The van der Waals surface area contributed by atoms with Crippen LogP contribution in [0.5, 0.6) is 0 Å². The Morgan fingerprint density at radius 1 is 0.929 bits per heavy atom. The number of halogens is 1. The van der Waals surface area contributed by atoms with Crippen LogP contribution < -0.4 is 0 Å². The van der Waals surface area contributed by atoms with Crippen molar-refractivity contribution in [3.8, 4) is 22.3 Å². The fraction of sp³-hybridized carbons (Fsp3) is 0.125. The third-order valence-electron chi connectivity index (χ3n) is 4.65. The lowest BCUT2D eigenvalue weighted by Gasteiger charge is -2.06. The van der Waals surface area contributed by atoms with Gasteiger partial charge in [-0.2, -0.15) is 0 Å². The fourth-order valence-electron chi connectivity index (χ4n) is 3.31. The van der Waals surface area contributed by atoms with Gasteiger partial charge in [0.25, 0.3) is 0 Å². The molecule has 4 rings (SSSR count). The molecule has 0 saturated heterocycles. The van der Waals surface area contributed by atoms with Gasteiger partial charge < -0.3 is 9.15 Å². The summed E-state index contributed by atoms with van der Waals surface area (Å²) in [6.45, 7) is 2.22. The van der Waals surface area contributed by atoms with Crippen molar-refractivity contribution < 1.29 is 13.9 Å². The summed E-state index contributed by atoms with van der Waals surface area (Å²) in [6, 6.07) is 24.4. The van der Waals surface area contributed by atoms with Crippen molar-refractivity contribution in [3.63, 3.8) is 0 Å². The molecule has 0 aliphatic rings. The Morgan fingerprint density at radius 3 is 2.36 bits per heavy atom. The Bertz CT molecular complexity index is 1110. The fourth-order valence-corrected chi connectivity index (χ4v) is 3.93. The molecule has 3 nitrogen and oxygen atoms in total. The maximum absolute atomic E-state index is 11.7. The lowest BCUT2D eigenvalue weighted by molar-refractivity contribution is -0.142. The molecule has 3 aromatic carbocycles. The average molecular weight is 435 g/mol. The number of benzene rings is 3. The molecule has 0 amide bonds. The van der Waals surface area contributed by atoms with Gasteiger partial charge in [0, 0.05) is 10.9 Å². The standard InChI is InChI=1S/C24H19BrO3/c1-2-27-22(26)14-16-8-10-17(11-9-16)19-12-13-21-20(15-19)23(24(25)28-21)18-6-4-3-5-7-18/h3-13,15H,2,14H2,1H3. The number of furan rings is 1. The molecular formula is C24H19BrO3. The van der Waals surface area contributed by atoms with Gasteiger partial charge in [0.05, 0.1) is 13.0 Å². The number of carbonyl (C=O) groups is 1. The van der Waals surface area contributed by atoms with E-state index in [-0.39, 0.29) is 5.97 Å². The first-order valence-corrected chi connectivity index (χ1v) is 9.97. The van der Waals surface area contributed by atoms with Crippen LogP contribution in [0.1, 0.15) is 12.5 Å². The Morgan fingerprint density at radius 2 is 1.64 bits per heavy atom. The second-order valence-corrected chi connectivity index (χ2v) is 7.23. The molecule has 0 atom stereocenters. The first kappa shape index (κ1) is 18.5. The highest BCUT2D eigenvalue weighted by molar-refractivity contribution is 9.10. The van der Waals surface area contributed by atoms with Crippen molar-refractivity contribution in [2.75, 3.05) is 6.61 Å². The van der Waals surface area contributed by atoms with Crippen LogP contribution in [0.2, 0.25) is 0 Å². The van der Waals surface area contributed by atoms with Crippen LogP contribution in [-0.4, -0.2) is 12.6 Å². The summed E-state index contributed by atoms with van der Waals surface area (Å²) in [4.78, 5) is 11.7. The highest BCUT2D eigenvalue weighted by Crippen LogP contribution is 2.39. The lowest BCUT2D eigenvalue weighted by Crippen LogP contribution is -2.07. The van der Waals surface area contributed by atoms with Gasteiger partial charge in [0.15, 0.2) is 4.67 Å². The monoisotopic (exact) mass is 434 g/mol. The van der Waals surface area contributed by atoms with E-state index in [2.05, 4.69) is 34.1 Å². The van der Waals surface area contributed by atoms with E-state index in [4.69, 9.17) is 9.15 Å². The number of fused-ring (bicyclic) bond motifs is 1. The zero-order valence-electron chi connectivity index (χ0n) is 15.4. The van der Waals surface area contributed by atoms with Crippen LogP contribution in [0.15, 0.2) is 81.9 Å². The molecule has 0 aliphatic carbocycles. The molecule has 0 spiro atoms. The summed E-state index contributed by atoms with van der Waals surface area (Å²) in [5.74, 6) is -0.201. The molecule has 1 aromatic heterocycles. The molecule has 140 valence electrons. The van der Waals surface area contributed by atoms with Crippen molar-refractivity contribution in [1.29, 1.82) is 0 Å². The van der Waals surface area contributed by atoms with Crippen molar-refractivity contribution in [1.82, 2.24) is 0 Å². The predicted molar refractivity (Wildman–Crippen MR) is 115 cm³/mol. The first-order valence-electron chi connectivity index (χ1n) is 9.18. The maximum atomic E-state index is 11.7. The van der Waals surface area contributed by atoms with Crippen molar-refractivity contribution >= 4 is 32.9 Å². The molecule has 0 saturated carbocycles. The molecule has 0 radical (unpaired) electrons. The third-order valence-corrected chi connectivity index (χ3v) is 5.21. The molecule has 0 fully saturated rings.